The first-order valence-electron chi connectivity index (χ1n) is 7.85. The molecule has 2 aliphatic rings. The highest BCUT2D eigenvalue weighted by Gasteiger charge is 2.48. The second kappa shape index (κ2) is 5.89. The highest BCUT2D eigenvalue weighted by Crippen LogP contribution is 2.38. The molecule has 0 aromatic rings. The van der Waals surface area contributed by atoms with E-state index in [0.717, 1.165) is 19.5 Å². The van der Waals surface area contributed by atoms with E-state index in [4.69, 9.17) is 0 Å². The van der Waals surface area contributed by atoms with E-state index in [0.29, 0.717) is 6.04 Å². The zero-order valence-electron chi connectivity index (χ0n) is 12.4. The third-order valence-electron chi connectivity index (χ3n) is 5.36. The molecule has 3 heteroatoms. The van der Waals surface area contributed by atoms with Gasteiger partial charge in [-0.25, -0.2) is 0 Å². The van der Waals surface area contributed by atoms with Crippen LogP contribution in [0.15, 0.2) is 0 Å². The third-order valence-corrected chi connectivity index (χ3v) is 5.36. The van der Waals surface area contributed by atoms with Crippen LogP contribution in [0.2, 0.25) is 0 Å². The normalized spacial score (nSPS) is 34.0. The Morgan fingerprint density at radius 3 is 2.22 bits per heavy atom. The Morgan fingerprint density at radius 1 is 1.11 bits per heavy atom. The van der Waals surface area contributed by atoms with E-state index in [1.807, 2.05) is 0 Å². The van der Waals surface area contributed by atoms with Crippen molar-refractivity contribution in [3.8, 4) is 0 Å². The van der Waals surface area contributed by atoms with Crippen molar-refractivity contribution in [2.75, 3.05) is 26.2 Å². The van der Waals surface area contributed by atoms with Gasteiger partial charge in [0.05, 0.1) is 6.10 Å². The summed E-state index contributed by atoms with van der Waals surface area (Å²) in [6.45, 7) is 11.3. The van der Waals surface area contributed by atoms with Gasteiger partial charge in [0.1, 0.15) is 0 Å². The number of aliphatic hydroxyl groups excluding tert-OH is 1. The van der Waals surface area contributed by atoms with Gasteiger partial charge in [0.2, 0.25) is 0 Å². The largest absolute Gasteiger partial charge is 0.392 e. The number of likely N-dealkylation sites (N-methyl/N-ethyl adjacent to an activating group) is 1. The highest BCUT2D eigenvalue weighted by atomic mass is 16.3. The van der Waals surface area contributed by atoms with Crippen molar-refractivity contribution in [1.82, 2.24) is 9.80 Å². The molecule has 2 fully saturated rings. The predicted molar refractivity (Wildman–Crippen MR) is 75.8 cm³/mol. The van der Waals surface area contributed by atoms with Crippen LogP contribution in [-0.4, -0.2) is 58.8 Å². The Labute approximate surface area is 112 Å². The number of β-amino-alcohol motifs (C(OH)–C–C–N with tert-alkyl or cyclic N) is 1. The SMILES string of the molecule is CCN1CC(O)CC(N2CCCC2)C1(CC)CC. The van der Waals surface area contributed by atoms with E-state index in [1.54, 1.807) is 0 Å². The number of likely N-dealkylation sites (tertiary alicyclic amines) is 2. The van der Waals surface area contributed by atoms with Crippen molar-refractivity contribution in [3.05, 3.63) is 0 Å². The smallest absolute Gasteiger partial charge is 0.0683 e. The average Bonchev–Trinajstić information content (AvgIpc) is 2.91. The van der Waals surface area contributed by atoms with Crippen LogP contribution in [-0.2, 0) is 0 Å². The van der Waals surface area contributed by atoms with Crippen LogP contribution in [0.3, 0.4) is 0 Å². The summed E-state index contributed by atoms with van der Waals surface area (Å²) in [6, 6.07) is 0.554. The van der Waals surface area contributed by atoms with Crippen molar-refractivity contribution in [2.45, 2.75) is 70.6 Å². The van der Waals surface area contributed by atoms with Gasteiger partial charge in [-0.3, -0.25) is 9.80 Å². The number of hydrogen-bond acceptors (Lipinski definition) is 3. The molecule has 2 atom stereocenters. The van der Waals surface area contributed by atoms with Crippen LogP contribution in [0.25, 0.3) is 0 Å². The van der Waals surface area contributed by atoms with Gasteiger partial charge >= 0.3 is 0 Å². The molecule has 2 saturated heterocycles. The summed E-state index contributed by atoms with van der Waals surface area (Å²) in [5.41, 5.74) is 0.290. The summed E-state index contributed by atoms with van der Waals surface area (Å²) in [5.74, 6) is 0. The molecule has 1 N–H and O–H groups in total. The van der Waals surface area contributed by atoms with Crippen LogP contribution in [0.4, 0.5) is 0 Å². The molecule has 0 saturated carbocycles. The summed E-state index contributed by atoms with van der Waals surface area (Å²) in [7, 11) is 0. The van der Waals surface area contributed by atoms with Gasteiger partial charge in [0.25, 0.3) is 0 Å². The number of piperidine rings is 1. The van der Waals surface area contributed by atoms with Crippen LogP contribution in [0.1, 0.15) is 52.9 Å². The van der Waals surface area contributed by atoms with E-state index in [2.05, 4.69) is 30.6 Å². The van der Waals surface area contributed by atoms with E-state index < -0.39 is 0 Å². The minimum absolute atomic E-state index is 0.137. The molecule has 106 valence electrons. The molecule has 2 aliphatic heterocycles. The van der Waals surface area contributed by atoms with Gasteiger partial charge in [-0.15, -0.1) is 0 Å². The van der Waals surface area contributed by atoms with E-state index in [-0.39, 0.29) is 11.6 Å². The van der Waals surface area contributed by atoms with Gasteiger partial charge < -0.3 is 5.11 Å². The summed E-state index contributed by atoms with van der Waals surface area (Å²) in [5, 5.41) is 10.2. The molecule has 3 nitrogen and oxygen atoms in total. The standard InChI is InChI=1S/C15H30N2O/c1-4-15(5-2)14(16-9-7-8-10-16)11-13(18)12-17(15)6-3/h13-14,18H,4-12H2,1-3H3. The fourth-order valence-corrected chi connectivity index (χ4v) is 4.35. The topological polar surface area (TPSA) is 26.7 Å². The molecule has 0 aliphatic carbocycles. The number of nitrogens with zero attached hydrogens (tertiary/aromatic N) is 2. The van der Waals surface area contributed by atoms with Crippen LogP contribution >= 0.6 is 0 Å². The molecule has 0 spiro atoms. The Kier molecular flexibility index (Phi) is 4.68. The Morgan fingerprint density at radius 2 is 1.72 bits per heavy atom. The Bertz CT molecular complexity index is 259. The maximum Gasteiger partial charge on any atom is 0.0683 e. The Hall–Kier alpha value is -0.120. The molecular formula is C15H30N2O. The molecular weight excluding hydrogens is 224 g/mol. The highest BCUT2D eigenvalue weighted by molar-refractivity contribution is 5.05. The maximum absolute atomic E-state index is 10.2. The van der Waals surface area contributed by atoms with E-state index >= 15 is 0 Å². The average molecular weight is 254 g/mol. The second-order valence-electron chi connectivity index (χ2n) is 6.00. The predicted octanol–water partition coefficient (Wildman–Crippen LogP) is 2.10. The summed E-state index contributed by atoms with van der Waals surface area (Å²) in [4.78, 5) is 5.20. The summed E-state index contributed by atoms with van der Waals surface area (Å²) in [6.07, 6.45) is 5.90. The minimum Gasteiger partial charge on any atom is -0.392 e. The van der Waals surface area contributed by atoms with E-state index in [9.17, 15) is 5.11 Å². The van der Waals surface area contributed by atoms with Crippen molar-refractivity contribution in [3.63, 3.8) is 0 Å². The summed E-state index contributed by atoms with van der Waals surface area (Å²) >= 11 is 0. The molecule has 2 heterocycles. The molecule has 2 unspecified atom stereocenters. The van der Waals surface area contributed by atoms with Crippen molar-refractivity contribution in [1.29, 1.82) is 0 Å². The molecule has 0 aromatic carbocycles. The van der Waals surface area contributed by atoms with Gasteiger partial charge in [-0.2, -0.15) is 0 Å². The zero-order chi connectivity index (χ0) is 13.2. The van der Waals surface area contributed by atoms with Crippen LogP contribution in [0.5, 0.6) is 0 Å². The first-order chi connectivity index (χ1) is 8.67. The first-order valence-corrected chi connectivity index (χ1v) is 7.85. The lowest BCUT2D eigenvalue weighted by molar-refractivity contribution is -0.0816. The van der Waals surface area contributed by atoms with Gasteiger partial charge in [-0.1, -0.05) is 20.8 Å². The molecule has 18 heavy (non-hydrogen) atoms. The molecule has 0 aromatic heterocycles. The monoisotopic (exact) mass is 254 g/mol. The fraction of sp³-hybridized carbons (Fsp3) is 1.00. The first kappa shape index (κ1) is 14.3. The van der Waals surface area contributed by atoms with Crippen LogP contribution in [0, 0.1) is 0 Å². The Balaban J connectivity index is 2.25. The second-order valence-corrected chi connectivity index (χ2v) is 6.00. The van der Waals surface area contributed by atoms with Gasteiger partial charge in [0, 0.05) is 18.1 Å². The lowest BCUT2D eigenvalue weighted by Gasteiger charge is -2.55. The quantitative estimate of drug-likeness (QED) is 0.832. The third kappa shape index (κ3) is 2.33. The van der Waals surface area contributed by atoms with Crippen molar-refractivity contribution < 1.29 is 5.11 Å². The van der Waals surface area contributed by atoms with Crippen LogP contribution < -0.4 is 0 Å². The lowest BCUT2D eigenvalue weighted by Crippen LogP contribution is -2.67. The number of rotatable bonds is 4. The molecule has 0 bridgehead atoms. The van der Waals surface area contributed by atoms with Crippen molar-refractivity contribution >= 4 is 0 Å². The van der Waals surface area contributed by atoms with Gasteiger partial charge in [-0.05, 0) is 51.7 Å². The summed E-state index contributed by atoms with van der Waals surface area (Å²) < 4.78 is 0. The zero-order valence-corrected chi connectivity index (χ0v) is 12.4. The molecule has 0 radical (unpaired) electrons. The number of aliphatic hydroxyl groups is 1. The van der Waals surface area contributed by atoms with Crippen molar-refractivity contribution in [2.24, 2.45) is 0 Å². The van der Waals surface area contributed by atoms with Gasteiger partial charge in [0.15, 0.2) is 0 Å². The maximum atomic E-state index is 10.2. The fourth-order valence-electron chi connectivity index (χ4n) is 4.35. The molecule has 2 rings (SSSR count). The number of hydrogen-bond donors (Lipinski definition) is 1. The molecule has 0 amide bonds. The van der Waals surface area contributed by atoms with E-state index in [1.165, 1.54) is 38.8 Å². The minimum atomic E-state index is -0.137. The lowest BCUT2D eigenvalue weighted by atomic mass is 9.76.